The summed E-state index contributed by atoms with van der Waals surface area (Å²) in [6.45, 7) is 4.50. The molecule has 6 nitrogen and oxygen atoms in total. The first kappa shape index (κ1) is 21.7. The molecule has 0 spiro atoms. The highest BCUT2D eigenvalue weighted by Gasteiger charge is 2.23. The quantitative estimate of drug-likeness (QED) is 0.565. The second kappa shape index (κ2) is 10.7. The van der Waals surface area contributed by atoms with Crippen LogP contribution in [0.1, 0.15) is 30.4 Å². The molecule has 0 bridgehead atoms. The average Bonchev–Trinajstić information content (AvgIpc) is 2.76. The number of hydrogen-bond acceptors (Lipinski definition) is 3. The molecule has 0 aliphatic carbocycles. The van der Waals surface area contributed by atoms with Crippen molar-refractivity contribution in [1.82, 2.24) is 15.5 Å². The number of amides is 1. The van der Waals surface area contributed by atoms with Gasteiger partial charge in [0.25, 0.3) is 0 Å². The Morgan fingerprint density at radius 1 is 1.17 bits per heavy atom. The van der Waals surface area contributed by atoms with Crippen LogP contribution in [0, 0.1) is 12.8 Å². The van der Waals surface area contributed by atoms with E-state index in [0.717, 1.165) is 49.0 Å². The lowest BCUT2D eigenvalue weighted by Gasteiger charge is -2.34. The molecule has 1 heterocycles. The standard InChI is InChI=1S/C24H32N4O2/c1-18-7-6-9-21(15-18)30-22-10-5-4-8-20(22)17-27-24(26-3)28-13-11-19(12-14-28)16-23(29)25-2/h4-10,15,19H,11-14,16-17H2,1-3H3,(H,25,29)(H,26,27). The van der Waals surface area contributed by atoms with Gasteiger partial charge in [-0.05, 0) is 49.4 Å². The number of carbonyl (C=O) groups is 1. The molecule has 2 N–H and O–H groups in total. The summed E-state index contributed by atoms with van der Waals surface area (Å²) in [7, 11) is 3.51. The molecule has 6 heteroatoms. The van der Waals surface area contributed by atoms with Gasteiger partial charge in [-0.2, -0.15) is 0 Å². The number of carbonyl (C=O) groups excluding carboxylic acids is 1. The van der Waals surface area contributed by atoms with E-state index in [2.05, 4.69) is 39.6 Å². The van der Waals surface area contributed by atoms with E-state index in [-0.39, 0.29) is 5.91 Å². The van der Waals surface area contributed by atoms with Gasteiger partial charge in [-0.25, -0.2) is 0 Å². The van der Waals surface area contributed by atoms with Crippen molar-refractivity contribution in [2.24, 2.45) is 10.9 Å². The Labute approximate surface area is 179 Å². The second-order valence-corrected chi connectivity index (χ2v) is 7.73. The SMILES string of the molecule is CN=C(NCc1ccccc1Oc1cccc(C)c1)N1CCC(CC(=O)NC)CC1. The first-order valence-electron chi connectivity index (χ1n) is 10.6. The van der Waals surface area contributed by atoms with Crippen molar-refractivity contribution >= 4 is 11.9 Å². The fourth-order valence-electron chi connectivity index (χ4n) is 3.77. The summed E-state index contributed by atoms with van der Waals surface area (Å²) in [5.74, 6) is 3.14. The van der Waals surface area contributed by atoms with E-state index in [4.69, 9.17) is 4.74 Å². The smallest absolute Gasteiger partial charge is 0.220 e. The summed E-state index contributed by atoms with van der Waals surface area (Å²) < 4.78 is 6.13. The van der Waals surface area contributed by atoms with Crippen molar-refractivity contribution in [3.8, 4) is 11.5 Å². The van der Waals surface area contributed by atoms with Crippen LogP contribution >= 0.6 is 0 Å². The van der Waals surface area contributed by atoms with Crippen molar-refractivity contribution in [1.29, 1.82) is 0 Å². The molecular formula is C24H32N4O2. The maximum absolute atomic E-state index is 11.6. The van der Waals surface area contributed by atoms with Crippen molar-refractivity contribution in [2.45, 2.75) is 32.7 Å². The van der Waals surface area contributed by atoms with Gasteiger partial charge in [-0.15, -0.1) is 0 Å². The first-order chi connectivity index (χ1) is 14.6. The predicted octanol–water partition coefficient (Wildman–Crippen LogP) is 3.71. The number of nitrogens with one attached hydrogen (secondary N) is 2. The minimum Gasteiger partial charge on any atom is -0.457 e. The average molecular weight is 409 g/mol. The van der Waals surface area contributed by atoms with Gasteiger partial charge in [0.15, 0.2) is 5.96 Å². The highest BCUT2D eigenvalue weighted by Crippen LogP contribution is 2.26. The molecule has 0 atom stereocenters. The van der Waals surface area contributed by atoms with E-state index in [9.17, 15) is 4.79 Å². The van der Waals surface area contributed by atoms with Gasteiger partial charge in [0.1, 0.15) is 11.5 Å². The molecule has 1 saturated heterocycles. The molecule has 1 amide bonds. The van der Waals surface area contributed by atoms with Crippen LogP contribution in [0.4, 0.5) is 0 Å². The number of aliphatic imine (C=N–C) groups is 1. The zero-order chi connectivity index (χ0) is 21.3. The molecule has 0 saturated carbocycles. The van der Waals surface area contributed by atoms with Crippen LogP contribution in [0.25, 0.3) is 0 Å². The highest BCUT2D eigenvalue weighted by atomic mass is 16.5. The Bertz CT molecular complexity index is 873. The summed E-state index contributed by atoms with van der Waals surface area (Å²) in [4.78, 5) is 18.4. The third kappa shape index (κ3) is 5.99. The maximum atomic E-state index is 11.6. The van der Waals surface area contributed by atoms with Gasteiger partial charge >= 0.3 is 0 Å². The number of rotatable bonds is 6. The topological polar surface area (TPSA) is 66.0 Å². The second-order valence-electron chi connectivity index (χ2n) is 7.73. The molecule has 1 aliphatic heterocycles. The number of nitrogens with zero attached hydrogens (tertiary/aromatic N) is 2. The van der Waals surface area contributed by atoms with Crippen LogP contribution in [-0.4, -0.2) is 44.0 Å². The molecule has 30 heavy (non-hydrogen) atoms. The van der Waals surface area contributed by atoms with E-state index < -0.39 is 0 Å². The van der Waals surface area contributed by atoms with Crippen molar-refractivity contribution in [2.75, 3.05) is 27.2 Å². The van der Waals surface area contributed by atoms with Crippen LogP contribution < -0.4 is 15.4 Å². The van der Waals surface area contributed by atoms with Crippen LogP contribution in [0.15, 0.2) is 53.5 Å². The van der Waals surface area contributed by atoms with Crippen LogP contribution in [-0.2, 0) is 11.3 Å². The van der Waals surface area contributed by atoms with Gasteiger partial charge in [0.2, 0.25) is 5.91 Å². The zero-order valence-electron chi connectivity index (χ0n) is 18.1. The molecule has 2 aromatic rings. The third-order valence-corrected chi connectivity index (χ3v) is 5.51. The van der Waals surface area contributed by atoms with Crippen LogP contribution in [0.5, 0.6) is 11.5 Å². The normalized spacial score (nSPS) is 15.0. The Kier molecular flexibility index (Phi) is 7.71. The van der Waals surface area contributed by atoms with E-state index in [0.29, 0.717) is 18.9 Å². The number of ether oxygens (including phenoxy) is 1. The minimum atomic E-state index is 0.126. The Balaban J connectivity index is 1.58. The number of guanidine groups is 1. The molecule has 0 aromatic heterocycles. The number of benzene rings is 2. The first-order valence-corrected chi connectivity index (χ1v) is 10.6. The zero-order valence-corrected chi connectivity index (χ0v) is 18.1. The molecule has 0 unspecified atom stereocenters. The van der Waals surface area contributed by atoms with E-state index in [1.165, 1.54) is 5.56 Å². The number of para-hydroxylation sites is 1. The maximum Gasteiger partial charge on any atom is 0.220 e. The Morgan fingerprint density at radius 3 is 2.63 bits per heavy atom. The van der Waals surface area contributed by atoms with E-state index in [1.807, 2.05) is 43.4 Å². The minimum absolute atomic E-state index is 0.126. The molecule has 3 rings (SSSR count). The highest BCUT2D eigenvalue weighted by molar-refractivity contribution is 5.80. The lowest BCUT2D eigenvalue weighted by molar-refractivity contribution is -0.121. The molecular weight excluding hydrogens is 376 g/mol. The van der Waals surface area contributed by atoms with E-state index in [1.54, 1.807) is 7.05 Å². The molecule has 160 valence electrons. The molecule has 2 aromatic carbocycles. The van der Waals surface area contributed by atoms with Gasteiger partial charge in [0.05, 0.1) is 0 Å². The summed E-state index contributed by atoms with van der Waals surface area (Å²) in [5, 5.41) is 6.20. The monoisotopic (exact) mass is 408 g/mol. The summed E-state index contributed by atoms with van der Waals surface area (Å²) in [6.07, 6.45) is 2.61. The number of aryl methyl sites for hydroxylation is 1. The Hall–Kier alpha value is -3.02. The van der Waals surface area contributed by atoms with Gasteiger partial charge in [-0.3, -0.25) is 9.79 Å². The van der Waals surface area contributed by atoms with Crippen molar-refractivity contribution < 1.29 is 9.53 Å². The number of likely N-dealkylation sites (tertiary alicyclic amines) is 1. The molecule has 1 aliphatic rings. The fraction of sp³-hybridized carbons (Fsp3) is 0.417. The van der Waals surface area contributed by atoms with Crippen LogP contribution in [0.2, 0.25) is 0 Å². The largest absolute Gasteiger partial charge is 0.457 e. The lowest BCUT2D eigenvalue weighted by atomic mass is 9.93. The molecule has 1 fully saturated rings. The third-order valence-electron chi connectivity index (χ3n) is 5.51. The fourth-order valence-corrected chi connectivity index (χ4v) is 3.77. The summed E-state index contributed by atoms with van der Waals surface area (Å²) in [5.41, 5.74) is 2.25. The van der Waals surface area contributed by atoms with E-state index >= 15 is 0 Å². The predicted molar refractivity (Wildman–Crippen MR) is 121 cm³/mol. The van der Waals surface area contributed by atoms with Gasteiger partial charge < -0.3 is 20.3 Å². The number of piperidine rings is 1. The Morgan fingerprint density at radius 2 is 1.93 bits per heavy atom. The van der Waals surface area contributed by atoms with Gasteiger partial charge in [-0.1, -0.05) is 30.3 Å². The lowest BCUT2D eigenvalue weighted by Crippen LogP contribution is -2.45. The van der Waals surface area contributed by atoms with Crippen molar-refractivity contribution in [3.63, 3.8) is 0 Å². The van der Waals surface area contributed by atoms with Crippen molar-refractivity contribution in [3.05, 3.63) is 59.7 Å². The van der Waals surface area contributed by atoms with Crippen LogP contribution in [0.3, 0.4) is 0 Å². The summed E-state index contributed by atoms with van der Waals surface area (Å²) >= 11 is 0. The molecule has 0 radical (unpaired) electrons. The summed E-state index contributed by atoms with van der Waals surface area (Å²) in [6, 6.07) is 16.1. The number of hydrogen-bond donors (Lipinski definition) is 2. The van der Waals surface area contributed by atoms with Gasteiger partial charge in [0, 0.05) is 45.7 Å².